The van der Waals surface area contributed by atoms with Crippen molar-refractivity contribution >= 4 is 11.8 Å². The van der Waals surface area contributed by atoms with Crippen molar-refractivity contribution in [2.75, 3.05) is 26.2 Å². The fraction of sp³-hybridized carbons (Fsp3) is 0.368. The van der Waals surface area contributed by atoms with Gasteiger partial charge >= 0.3 is 0 Å². The van der Waals surface area contributed by atoms with Gasteiger partial charge < -0.3 is 15.1 Å². The highest BCUT2D eigenvalue weighted by Gasteiger charge is 2.31. The van der Waals surface area contributed by atoms with Crippen LogP contribution in [0.15, 0.2) is 55.6 Å². The van der Waals surface area contributed by atoms with Crippen LogP contribution in [0.25, 0.3) is 0 Å². The molecule has 1 heterocycles. The highest BCUT2D eigenvalue weighted by Crippen LogP contribution is 2.12. The Balaban J connectivity index is 1.97. The van der Waals surface area contributed by atoms with Gasteiger partial charge in [-0.1, -0.05) is 42.5 Å². The number of piperazine rings is 1. The van der Waals surface area contributed by atoms with Crippen molar-refractivity contribution in [1.82, 2.24) is 15.1 Å². The van der Waals surface area contributed by atoms with Gasteiger partial charge in [-0.2, -0.15) is 0 Å². The maximum Gasteiger partial charge on any atom is 0.240 e. The van der Waals surface area contributed by atoms with Gasteiger partial charge in [0.25, 0.3) is 0 Å². The van der Waals surface area contributed by atoms with Gasteiger partial charge in [0.1, 0.15) is 0 Å². The van der Waals surface area contributed by atoms with Crippen molar-refractivity contribution in [3.63, 3.8) is 0 Å². The van der Waals surface area contributed by atoms with Crippen molar-refractivity contribution in [1.29, 1.82) is 0 Å². The van der Waals surface area contributed by atoms with E-state index in [0.29, 0.717) is 32.7 Å². The minimum atomic E-state index is -0.466. The Kier molecular flexibility index (Phi) is 6.75. The molecule has 0 aromatic heterocycles. The molecule has 1 aromatic rings. The van der Waals surface area contributed by atoms with E-state index in [4.69, 9.17) is 0 Å². The molecule has 0 spiro atoms. The topological polar surface area (TPSA) is 52.7 Å². The average molecular weight is 327 g/mol. The maximum atomic E-state index is 12.7. The summed E-state index contributed by atoms with van der Waals surface area (Å²) in [6.45, 7) is 10.2. The molecule has 5 nitrogen and oxygen atoms in total. The Morgan fingerprint density at radius 2 is 1.92 bits per heavy atom. The minimum Gasteiger partial charge on any atom is -0.336 e. The minimum absolute atomic E-state index is 0.0180. The zero-order chi connectivity index (χ0) is 17.4. The Morgan fingerprint density at radius 3 is 2.54 bits per heavy atom. The number of amides is 2. The van der Waals surface area contributed by atoms with Crippen molar-refractivity contribution in [2.24, 2.45) is 0 Å². The van der Waals surface area contributed by atoms with Gasteiger partial charge in [0.15, 0.2) is 0 Å². The predicted molar refractivity (Wildman–Crippen MR) is 95.2 cm³/mol. The van der Waals surface area contributed by atoms with Crippen molar-refractivity contribution < 1.29 is 9.59 Å². The highest BCUT2D eigenvalue weighted by atomic mass is 16.2. The zero-order valence-electron chi connectivity index (χ0n) is 14.0. The second kappa shape index (κ2) is 9.03. The molecular weight excluding hydrogens is 302 g/mol. The summed E-state index contributed by atoms with van der Waals surface area (Å²) in [5, 5.41) is 3.16. The number of hydrogen-bond donors (Lipinski definition) is 1. The summed E-state index contributed by atoms with van der Waals surface area (Å²) in [4.78, 5) is 28.5. The van der Waals surface area contributed by atoms with Gasteiger partial charge in [-0.15, -0.1) is 13.2 Å². The molecule has 1 atom stereocenters. The molecule has 0 radical (unpaired) electrons. The molecule has 2 amide bonds. The Labute approximate surface area is 143 Å². The Hall–Kier alpha value is -2.40. The molecule has 1 aliphatic heterocycles. The van der Waals surface area contributed by atoms with Crippen molar-refractivity contribution in [3.05, 3.63) is 61.2 Å². The molecule has 1 aliphatic rings. The summed E-state index contributed by atoms with van der Waals surface area (Å²) < 4.78 is 0. The van der Waals surface area contributed by atoms with Crippen LogP contribution in [0.2, 0.25) is 0 Å². The first-order valence-electron chi connectivity index (χ1n) is 8.21. The van der Waals surface area contributed by atoms with Gasteiger partial charge in [-0.3, -0.25) is 9.59 Å². The predicted octanol–water partition coefficient (Wildman–Crippen LogP) is 1.58. The highest BCUT2D eigenvalue weighted by molar-refractivity contribution is 5.89. The van der Waals surface area contributed by atoms with Crippen LogP contribution >= 0.6 is 0 Å². The van der Waals surface area contributed by atoms with Crippen molar-refractivity contribution in [2.45, 2.75) is 19.0 Å². The van der Waals surface area contributed by atoms with Gasteiger partial charge in [0.2, 0.25) is 11.8 Å². The summed E-state index contributed by atoms with van der Waals surface area (Å²) in [5.41, 5.74) is 1.10. The molecule has 1 unspecified atom stereocenters. The quantitative estimate of drug-likeness (QED) is 0.738. The summed E-state index contributed by atoms with van der Waals surface area (Å²) >= 11 is 0. The lowest BCUT2D eigenvalue weighted by Crippen LogP contribution is -2.56. The van der Waals surface area contributed by atoms with E-state index in [-0.39, 0.29) is 18.2 Å². The van der Waals surface area contributed by atoms with Gasteiger partial charge in [-0.05, 0) is 5.56 Å². The molecule has 1 N–H and O–H groups in total. The van der Waals surface area contributed by atoms with Crippen molar-refractivity contribution in [3.8, 4) is 0 Å². The molecule has 0 aliphatic carbocycles. The SMILES string of the molecule is C=CCN(CC=C)C(=O)CC1NCCN(Cc2ccccc2)C1=O. The number of rotatable bonds is 8. The largest absolute Gasteiger partial charge is 0.336 e. The number of carbonyl (C=O) groups excluding carboxylic acids is 2. The molecular formula is C19H25N3O2. The van der Waals surface area contributed by atoms with E-state index in [1.54, 1.807) is 17.1 Å². The third-order valence-corrected chi connectivity index (χ3v) is 4.03. The standard InChI is InChI=1S/C19H25N3O2/c1-3-11-21(12-4-2)18(23)14-17-19(24)22(13-10-20-17)15-16-8-6-5-7-9-16/h3-9,17,20H,1-2,10-15H2. The third kappa shape index (κ3) is 4.80. The molecule has 1 saturated heterocycles. The molecule has 5 heteroatoms. The Morgan fingerprint density at radius 1 is 1.25 bits per heavy atom. The fourth-order valence-electron chi connectivity index (χ4n) is 2.81. The van der Waals surface area contributed by atoms with Gasteiger partial charge in [0.05, 0.1) is 12.5 Å². The lowest BCUT2D eigenvalue weighted by molar-refractivity contribution is -0.141. The van der Waals surface area contributed by atoms with Crippen LogP contribution in [0.5, 0.6) is 0 Å². The first-order chi connectivity index (χ1) is 11.7. The second-order valence-electron chi connectivity index (χ2n) is 5.83. The molecule has 2 rings (SSSR count). The van der Waals surface area contributed by atoms with Crippen LogP contribution < -0.4 is 5.32 Å². The fourth-order valence-corrected chi connectivity index (χ4v) is 2.81. The second-order valence-corrected chi connectivity index (χ2v) is 5.83. The first kappa shape index (κ1) is 17.9. The van der Waals surface area contributed by atoms with Crippen LogP contribution in [0.1, 0.15) is 12.0 Å². The molecule has 1 fully saturated rings. The molecule has 24 heavy (non-hydrogen) atoms. The molecule has 0 saturated carbocycles. The smallest absolute Gasteiger partial charge is 0.240 e. The van der Waals surface area contributed by atoms with Crippen LogP contribution in [0.4, 0.5) is 0 Å². The van der Waals surface area contributed by atoms with Crippen LogP contribution in [-0.4, -0.2) is 53.8 Å². The van der Waals surface area contributed by atoms with E-state index < -0.39 is 6.04 Å². The van der Waals surface area contributed by atoms with E-state index in [2.05, 4.69) is 18.5 Å². The maximum absolute atomic E-state index is 12.7. The number of hydrogen-bond acceptors (Lipinski definition) is 3. The van der Waals surface area contributed by atoms with E-state index >= 15 is 0 Å². The number of nitrogens with zero attached hydrogens (tertiary/aromatic N) is 2. The van der Waals surface area contributed by atoms with Crippen LogP contribution in [-0.2, 0) is 16.1 Å². The normalized spacial score (nSPS) is 17.4. The van der Waals surface area contributed by atoms with E-state index in [0.717, 1.165) is 5.56 Å². The number of carbonyl (C=O) groups is 2. The van der Waals surface area contributed by atoms with Gasteiger partial charge in [0, 0.05) is 32.7 Å². The summed E-state index contributed by atoms with van der Waals surface area (Å²) in [7, 11) is 0. The monoisotopic (exact) mass is 327 g/mol. The zero-order valence-corrected chi connectivity index (χ0v) is 14.0. The van der Waals surface area contributed by atoms with Crippen LogP contribution in [0.3, 0.4) is 0 Å². The van der Waals surface area contributed by atoms with Gasteiger partial charge in [-0.25, -0.2) is 0 Å². The average Bonchev–Trinajstić information content (AvgIpc) is 2.59. The Bertz CT molecular complexity index is 576. The summed E-state index contributed by atoms with van der Waals surface area (Å²) in [5.74, 6) is -0.0854. The number of benzene rings is 1. The third-order valence-electron chi connectivity index (χ3n) is 4.03. The molecule has 1 aromatic carbocycles. The van der Waals surface area contributed by atoms with E-state index in [1.165, 1.54) is 0 Å². The first-order valence-corrected chi connectivity index (χ1v) is 8.21. The van der Waals surface area contributed by atoms with Crippen LogP contribution in [0, 0.1) is 0 Å². The lowest BCUT2D eigenvalue weighted by Gasteiger charge is -2.34. The van der Waals surface area contributed by atoms with E-state index in [9.17, 15) is 9.59 Å². The summed E-state index contributed by atoms with van der Waals surface area (Å²) in [6.07, 6.45) is 3.52. The summed E-state index contributed by atoms with van der Waals surface area (Å²) in [6, 6.07) is 9.43. The molecule has 0 bridgehead atoms. The number of nitrogens with one attached hydrogen (secondary N) is 1. The molecule has 128 valence electrons. The lowest BCUT2D eigenvalue weighted by atomic mass is 10.1. The van der Waals surface area contributed by atoms with E-state index in [1.807, 2.05) is 35.2 Å².